The van der Waals surface area contributed by atoms with Gasteiger partial charge in [0.25, 0.3) is 0 Å². The molecular formula is C24H31N3O5S. The minimum absolute atomic E-state index is 0.110. The number of benzene rings is 1. The van der Waals surface area contributed by atoms with E-state index in [0.29, 0.717) is 43.3 Å². The minimum atomic E-state index is -3.71. The lowest BCUT2D eigenvalue weighted by atomic mass is 9.70. The minimum Gasteiger partial charge on any atom is -0.497 e. The molecule has 5 rings (SSSR count). The molecule has 2 aromatic rings. The van der Waals surface area contributed by atoms with Gasteiger partial charge in [-0.1, -0.05) is 37.6 Å². The third-order valence-electron chi connectivity index (χ3n) is 8.43. The van der Waals surface area contributed by atoms with E-state index in [1.807, 2.05) is 24.3 Å². The van der Waals surface area contributed by atoms with E-state index in [2.05, 4.69) is 24.0 Å². The van der Waals surface area contributed by atoms with Crippen molar-refractivity contribution in [2.45, 2.75) is 58.4 Å². The van der Waals surface area contributed by atoms with Crippen LogP contribution in [0, 0.1) is 16.7 Å². The van der Waals surface area contributed by atoms with Crippen molar-refractivity contribution in [3.63, 3.8) is 0 Å². The maximum atomic E-state index is 13.8. The van der Waals surface area contributed by atoms with Crippen molar-refractivity contribution in [2.24, 2.45) is 16.7 Å². The second-order valence-electron chi connectivity index (χ2n) is 10.2. The number of methoxy groups -OCH3 is 1. The van der Waals surface area contributed by atoms with E-state index in [1.165, 1.54) is 4.31 Å². The van der Waals surface area contributed by atoms with Crippen LogP contribution in [0.15, 0.2) is 28.8 Å². The number of carbonyl (C=O) groups excluding carboxylic acids is 1. The highest BCUT2D eigenvalue weighted by atomic mass is 32.2. The average Bonchev–Trinajstić information content (AvgIpc) is 3.43. The zero-order chi connectivity index (χ0) is 23.4. The quantitative estimate of drug-likeness (QED) is 0.625. The lowest BCUT2D eigenvalue weighted by Gasteiger charge is -2.39. The lowest BCUT2D eigenvalue weighted by molar-refractivity contribution is -0.128. The van der Waals surface area contributed by atoms with Crippen LogP contribution in [0.25, 0.3) is 11.4 Å². The zero-order valence-corrected chi connectivity index (χ0v) is 20.2. The molecule has 1 aromatic carbocycles. The number of aromatic nitrogens is 2. The molecular weight excluding hydrogens is 442 g/mol. The predicted molar refractivity (Wildman–Crippen MR) is 122 cm³/mol. The predicted octanol–water partition coefficient (Wildman–Crippen LogP) is 4.00. The fourth-order valence-corrected chi connectivity index (χ4v) is 8.69. The van der Waals surface area contributed by atoms with Crippen LogP contribution in [0.4, 0.5) is 0 Å². The van der Waals surface area contributed by atoms with E-state index in [1.54, 1.807) is 7.11 Å². The van der Waals surface area contributed by atoms with E-state index in [0.717, 1.165) is 24.8 Å². The molecule has 0 N–H and O–H groups in total. The monoisotopic (exact) mass is 473 g/mol. The van der Waals surface area contributed by atoms with Crippen LogP contribution in [0.1, 0.15) is 64.3 Å². The zero-order valence-electron chi connectivity index (χ0n) is 19.4. The normalized spacial score (nSPS) is 29.5. The Labute approximate surface area is 194 Å². The van der Waals surface area contributed by atoms with Gasteiger partial charge in [-0.15, -0.1) is 0 Å². The highest BCUT2D eigenvalue weighted by Crippen LogP contribution is 2.64. The van der Waals surface area contributed by atoms with E-state index >= 15 is 0 Å². The first-order valence-corrected chi connectivity index (χ1v) is 13.3. The van der Waals surface area contributed by atoms with Crippen molar-refractivity contribution in [1.29, 1.82) is 0 Å². The van der Waals surface area contributed by atoms with Gasteiger partial charge >= 0.3 is 0 Å². The summed E-state index contributed by atoms with van der Waals surface area (Å²) in [5.74, 6) is 1.64. The summed E-state index contributed by atoms with van der Waals surface area (Å²) in [5.41, 5.74) is -0.352. The lowest BCUT2D eigenvalue weighted by Crippen LogP contribution is -2.48. The molecule has 3 aliphatic rings. The van der Waals surface area contributed by atoms with Gasteiger partial charge in [0, 0.05) is 23.9 Å². The number of nitrogens with zero attached hydrogens (tertiary/aromatic N) is 3. The van der Waals surface area contributed by atoms with Crippen LogP contribution < -0.4 is 4.74 Å². The summed E-state index contributed by atoms with van der Waals surface area (Å²) in [6, 6.07) is 6.84. The summed E-state index contributed by atoms with van der Waals surface area (Å²) in [4.78, 5) is 17.5. The Hall–Kier alpha value is -2.26. The van der Waals surface area contributed by atoms with Crippen LogP contribution in [0.5, 0.6) is 5.75 Å². The second kappa shape index (κ2) is 7.91. The molecule has 1 aliphatic heterocycles. The Bertz CT molecular complexity index is 1170. The number of rotatable bonds is 6. The van der Waals surface area contributed by atoms with Gasteiger partial charge in [0.2, 0.25) is 21.7 Å². The van der Waals surface area contributed by atoms with Crippen LogP contribution in [-0.2, 0) is 14.8 Å². The number of ether oxygens (including phenoxy) is 1. The van der Waals surface area contributed by atoms with Crippen LogP contribution in [-0.4, -0.2) is 48.1 Å². The Morgan fingerprint density at radius 1 is 1.24 bits per heavy atom. The maximum Gasteiger partial charge on any atom is 0.245 e. The van der Waals surface area contributed by atoms with Gasteiger partial charge in [0.15, 0.2) is 0 Å². The summed E-state index contributed by atoms with van der Waals surface area (Å²) >= 11 is 0. The summed E-state index contributed by atoms with van der Waals surface area (Å²) in [7, 11) is -2.12. The molecule has 0 radical (unpaired) electrons. The van der Waals surface area contributed by atoms with Crippen LogP contribution in [0.2, 0.25) is 0 Å². The van der Waals surface area contributed by atoms with Crippen LogP contribution in [0.3, 0.4) is 0 Å². The Morgan fingerprint density at radius 2 is 2.06 bits per heavy atom. The number of fused-ring (bicyclic) bond motifs is 2. The fourth-order valence-electron chi connectivity index (χ4n) is 6.24. The largest absolute Gasteiger partial charge is 0.497 e. The smallest absolute Gasteiger partial charge is 0.245 e. The number of piperidine rings is 1. The molecule has 2 saturated carbocycles. The van der Waals surface area contributed by atoms with Crippen molar-refractivity contribution in [3.05, 3.63) is 30.2 Å². The molecule has 33 heavy (non-hydrogen) atoms. The number of ketones is 1. The molecule has 0 spiro atoms. The van der Waals surface area contributed by atoms with Crippen molar-refractivity contribution in [1.82, 2.24) is 14.4 Å². The number of hydrogen-bond acceptors (Lipinski definition) is 7. The molecule has 2 bridgehead atoms. The van der Waals surface area contributed by atoms with Gasteiger partial charge in [-0.3, -0.25) is 4.79 Å². The Morgan fingerprint density at radius 3 is 2.76 bits per heavy atom. The van der Waals surface area contributed by atoms with Crippen molar-refractivity contribution < 1.29 is 22.5 Å². The molecule has 8 nitrogen and oxygen atoms in total. The molecule has 178 valence electrons. The first-order valence-electron chi connectivity index (χ1n) is 11.7. The third-order valence-corrected chi connectivity index (χ3v) is 10.4. The molecule has 0 amide bonds. The van der Waals surface area contributed by atoms with Gasteiger partial charge in [-0.25, -0.2) is 8.42 Å². The second-order valence-corrected chi connectivity index (χ2v) is 12.2. The highest BCUT2D eigenvalue weighted by molar-refractivity contribution is 7.89. The first kappa shape index (κ1) is 22.5. The van der Waals surface area contributed by atoms with Gasteiger partial charge < -0.3 is 9.26 Å². The summed E-state index contributed by atoms with van der Waals surface area (Å²) in [6.07, 6.45) is 4.35. The van der Waals surface area contributed by atoms with Crippen molar-refractivity contribution in [2.75, 3.05) is 19.4 Å². The fraction of sp³-hybridized carbons (Fsp3) is 0.625. The van der Waals surface area contributed by atoms with Gasteiger partial charge in [-0.2, -0.15) is 9.29 Å². The van der Waals surface area contributed by atoms with Gasteiger partial charge in [0.05, 0.1) is 12.9 Å². The molecule has 3 atom stereocenters. The molecule has 9 heteroatoms. The van der Waals surface area contributed by atoms with Gasteiger partial charge in [0.1, 0.15) is 17.6 Å². The molecule has 2 heterocycles. The molecule has 3 unspecified atom stereocenters. The van der Waals surface area contributed by atoms with Crippen molar-refractivity contribution in [3.8, 4) is 17.1 Å². The van der Waals surface area contributed by atoms with E-state index in [9.17, 15) is 13.2 Å². The molecule has 2 aliphatic carbocycles. The topological polar surface area (TPSA) is 103 Å². The standard InChI is InChI=1S/C24H31N3O5S/c1-23(2)17-10-11-24(23,20(28)14-17)15-33(29,30)27-12-5-4-9-19(27)22-25-21(26-32-22)16-7-6-8-18(13-16)31-3/h6-8,13,17,19H,4-5,9-12,14-15H2,1-3H3. The molecule has 1 aromatic heterocycles. The highest BCUT2D eigenvalue weighted by Gasteiger charge is 2.65. The number of sulfonamides is 1. The average molecular weight is 474 g/mol. The number of Topliss-reactive ketones (excluding diaryl/α,β-unsaturated/α-hetero) is 1. The number of carbonyl (C=O) groups is 1. The first-order chi connectivity index (χ1) is 15.7. The Balaban J connectivity index is 1.44. The van der Waals surface area contributed by atoms with Gasteiger partial charge in [-0.05, 0) is 49.1 Å². The van der Waals surface area contributed by atoms with E-state index in [-0.39, 0.29) is 22.9 Å². The Kier molecular flexibility index (Phi) is 5.40. The molecule has 1 saturated heterocycles. The van der Waals surface area contributed by atoms with Crippen molar-refractivity contribution >= 4 is 15.8 Å². The summed E-state index contributed by atoms with van der Waals surface area (Å²) in [6.45, 7) is 4.53. The summed E-state index contributed by atoms with van der Waals surface area (Å²) in [5, 5.41) is 4.11. The summed E-state index contributed by atoms with van der Waals surface area (Å²) < 4.78 is 39.9. The number of hydrogen-bond donors (Lipinski definition) is 0. The van der Waals surface area contributed by atoms with E-state index in [4.69, 9.17) is 9.26 Å². The van der Waals surface area contributed by atoms with E-state index < -0.39 is 21.5 Å². The maximum absolute atomic E-state index is 13.8. The SMILES string of the molecule is COc1cccc(-c2noc(C3CCCCN3S(=O)(=O)CC34CCC(CC3=O)C4(C)C)n2)c1. The third kappa shape index (κ3) is 3.51. The molecule has 3 fully saturated rings. The van der Waals surface area contributed by atoms with Crippen LogP contribution >= 0.6 is 0 Å².